The lowest BCUT2D eigenvalue weighted by molar-refractivity contribution is -0.191. The largest absolute Gasteiger partial charge is 0.472 e. The SMILES string of the molecule is CCCCCCCCCCCCCCCC(O)OC[C@H](COP(=O)(O)OCCN)OC(O)CCCCCCCCCCCCCCC. The van der Waals surface area contributed by atoms with E-state index in [1.54, 1.807) is 0 Å². The molecule has 10 heteroatoms. The molecular formula is C37H78NO8P. The van der Waals surface area contributed by atoms with Gasteiger partial charge in [-0.15, -0.1) is 0 Å². The number of phosphoric ester groups is 1. The molecule has 0 heterocycles. The molecule has 0 aliphatic rings. The third-order valence-electron chi connectivity index (χ3n) is 8.73. The number of nitrogens with two attached hydrogens (primary N) is 1. The van der Waals surface area contributed by atoms with Crippen LogP contribution in [0.2, 0.25) is 0 Å². The van der Waals surface area contributed by atoms with E-state index in [2.05, 4.69) is 13.8 Å². The molecule has 0 aromatic carbocycles. The van der Waals surface area contributed by atoms with Gasteiger partial charge in [0.15, 0.2) is 12.6 Å². The minimum absolute atomic E-state index is 0.0772. The predicted octanol–water partition coefficient (Wildman–Crippen LogP) is 10.1. The number of aliphatic hydroxyl groups excluding tert-OH is 2. The zero-order valence-corrected chi connectivity index (χ0v) is 31.7. The Kier molecular flexibility index (Phi) is 35.7. The maximum Gasteiger partial charge on any atom is 0.472 e. The Hall–Kier alpha value is -0.0900. The molecule has 0 bridgehead atoms. The normalized spacial score (nSPS) is 15.1. The first kappa shape index (κ1) is 46.9. The van der Waals surface area contributed by atoms with E-state index in [1.165, 1.54) is 128 Å². The average Bonchev–Trinajstić information content (AvgIpc) is 3.05. The molecule has 0 aliphatic heterocycles. The molecule has 0 spiro atoms. The van der Waals surface area contributed by atoms with Crippen LogP contribution in [0.15, 0.2) is 0 Å². The lowest BCUT2D eigenvalue weighted by Gasteiger charge is -2.24. The summed E-state index contributed by atoms with van der Waals surface area (Å²) in [5.41, 5.74) is 5.35. The van der Waals surface area contributed by atoms with Crippen LogP contribution in [-0.2, 0) is 23.1 Å². The van der Waals surface area contributed by atoms with Crippen molar-refractivity contribution in [2.24, 2.45) is 5.73 Å². The highest BCUT2D eigenvalue weighted by Crippen LogP contribution is 2.43. The number of ether oxygens (including phenoxy) is 2. The van der Waals surface area contributed by atoms with E-state index in [-0.39, 0.29) is 26.4 Å². The van der Waals surface area contributed by atoms with Crippen LogP contribution >= 0.6 is 7.82 Å². The Morgan fingerprint density at radius 2 is 0.894 bits per heavy atom. The van der Waals surface area contributed by atoms with Crippen molar-refractivity contribution in [3.05, 3.63) is 0 Å². The zero-order chi connectivity index (χ0) is 34.7. The first-order valence-electron chi connectivity index (χ1n) is 19.8. The molecule has 5 N–H and O–H groups in total. The van der Waals surface area contributed by atoms with E-state index < -0.39 is 26.5 Å². The van der Waals surface area contributed by atoms with Gasteiger partial charge in [0, 0.05) is 6.54 Å². The highest BCUT2D eigenvalue weighted by molar-refractivity contribution is 7.47. The van der Waals surface area contributed by atoms with Crippen molar-refractivity contribution in [2.45, 2.75) is 212 Å². The number of unbranched alkanes of at least 4 members (excludes halogenated alkanes) is 24. The van der Waals surface area contributed by atoms with Crippen molar-refractivity contribution >= 4 is 7.82 Å². The second kappa shape index (κ2) is 35.7. The van der Waals surface area contributed by atoms with Crippen LogP contribution in [0.25, 0.3) is 0 Å². The molecule has 9 nitrogen and oxygen atoms in total. The second-order valence-corrected chi connectivity index (χ2v) is 14.9. The first-order chi connectivity index (χ1) is 22.8. The molecule has 0 fully saturated rings. The van der Waals surface area contributed by atoms with Gasteiger partial charge in [-0.05, 0) is 25.7 Å². The summed E-state index contributed by atoms with van der Waals surface area (Å²) in [6.07, 6.45) is 30.7. The Morgan fingerprint density at radius 3 is 1.28 bits per heavy atom. The molecule has 0 aromatic heterocycles. The van der Waals surface area contributed by atoms with E-state index in [9.17, 15) is 19.7 Å². The second-order valence-electron chi connectivity index (χ2n) is 13.4. The molecule has 3 unspecified atom stereocenters. The maximum atomic E-state index is 12.1. The quantitative estimate of drug-likeness (QED) is 0.0281. The zero-order valence-electron chi connectivity index (χ0n) is 30.8. The fraction of sp³-hybridized carbons (Fsp3) is 1.00. The summed E-state index contributed by atoms with van der Waals surface area (Å²) in [5.74, 6) is 0. The van der Waals surface area contributed by atoms with E-state index in [4.69, 9.17) is 24.3 Å². The first-order valence-corrected chi connectivity index (χ1v) is 21.3. The van der Waals surface area contributed by atoms with E-state index in [0.29, 0.717) is 12.8 Å². The van der Waals surface area contributed by atoms with Crippen molar-refractivity contribution in [1.29, 1.82) is 0 Å². The van der Waals surface area contributed by atoms with Crippen molar-refractivity contribution in [3.63, 3.8) is 0 Å². The van der Waals surface area contributed by atoms with Crippen LogP contribution in [0.4, 0.5) is 0 Å². The predicted molar refractivity (Wildman–Crippen MR) is 194 cm³/mol. The molecule has 4 atom stereocenters. The summed E-state index contributed by atoms with van der Waals surface area (Å²) in [6.45, 7) is 4.08. The van der Waals surface area contributed by atoms with Crippen LogP contribution in [0.5, 0.6) is 0 Å². The van der Waals surface area contributed by atoms with Gasteiger partial charge in [0.25, 0.3) is 0 Å². The third-order valence-corrected chi connectivity index (χ3v) is 9.71. The van der Waals surface area contributed by atoms with Gasteiger partial charge in [-0.1, -0.05) is 168 Å². The van der Waals surface area contributed by atoms with Crippen LogP contribution in [-0.4, -0.2) is 60.2 Å². The summed E-state index contributed by atoms with van der Waals surface area (Å²) in [7, 11) is -4.31. The Balaban J connectivity index is 4.16. The average molecular weight is 696 g/mol. The number of aliphatic hydroxyl groups is 2. The standard InChI is InChI=1S/C37H78NO8P/c1-3-5-7-9-11-13-15-17-19-21-23-25-27-29-36(39)43-33-35(34-45-47(41,42)44-32-31-38)46-37(40)30-28-26-24-22-20-18-16-14-12-10-8-6-4-2/h35-37,39-40H,3-34,38H2,1-2H3,(H,41,42)/t35-,36?,37?/m1/s1. The van der Waals surface area contributed by atoms with Crippen LogP contribution in [0.3, 0.4) is 0 Å². The number of hydrogen-bond acceptors (Lipinski definition) is 8. The topological polar surface area (TPSA) is 141 Å². The van der Waals surface area contributed by atoms with Crippen molar-refractivity contribution in [1.82, 2.24) is 0 Å². The van der Waals surface area contributed by atoms with Crippen molar-refractivity contribution in [3.8, 4) is 0 Å². The number of hydrogen-bond donors (Lipinski definition) is 4. The van der Waals surface area contributed by atoms with Gasteiger partial charge >= 0.3 is 7.82 Å². The van der Waals surface area contributed by atoms with Crippen molar-refractivity contribution in [2.75, 3.05) is 26.4 Å². The molecule has 0 radical (unpaired) electrons. The number of rotatable bonds is 39. The van der Waals surface area contributed by atoms with Gasteiger partial charge in [-0.25, -0.2) is 4.57 Å². The fourth-order valence-corrected chi connectivity index (χ4v) is 6.54. The molecule has 0 rings (SSSR count). The Morgan fingerprint density at radius 1 is 0.532 bits per heavy atom. The smallest absolute Gasteiger partial charge is 0.368 e. The summed E-state index contributed by atoms with van der Waals surface area (Å²) in [6, 6.07) is 0. The molecule has 0 amide bonds. The molecule has 0 aromatic rings. The summed E-state index contributed by atoms with van der Waals surface area (Å²) in [4.78, 5) is 9.88. The molecule has 284 valence electrons. The maximum absolute atomic E-state index is 12.1. The van der Waals surface area contributed by atoms with Gasteiger partial charge < -0.3 is 30.3 Å². The lowest BCUT2D eigenvalue weighted by atomic mass is 10.0. The van der Waals surface area contributed by atoms with Gasteiger partial charge in [-0.3, -0.25) is 9.05 Å². The third kappa shape index (κ3) is 35.5. The molecule has 0 saturated heterocycles. The fourth-order valence-electron chi connectivity index (χ4n) is 5.77. The van der Waals surface area contributed by atoms with Gasteiger partial charge in [0.05, 0.1) is 19.8 Å². The Labute approximate surface area is 290 Å². The molecule has 47 heavy (non-hydrogen) atoms. The van der Waals surface area contributed by atoms with Crippen LogP contribution in [0, 0.1) is 0 Å². The lowest BCUT2D eigenvalue weighted by Crippen LogP contribution is -2.32. The van der Waals surface area contributed by atoms with Gasteiger partial charge in [0.1, 0.15) is 6.10 Å². The van der Waals surface area contributed by atoms with Crippen LogP contribution in [0.1, 0.15) is 194 Å². The minimum Gasteiger partial charge on any atom is -0.368 e. The van der Waals surface area contributed by atoms with Crippen LogP contribution < -0.4 is 5.73 Å². The van der Waals surface area contributed by atoms with Crippen molar-refractivity contribution < 1.29 is 38.2 Å². The molecular weight excluding hydrogens is 617 g/mol. The number of phosphoric acid groups is 1. The minimum atomic E-state index is -4.31. The Bertz CT molecular complexity index is 674. The van der Waals surface area contributed by atoms with Gasteiger partial charge in [-0.2, -0.15) is 0 Å². The summed E-state index contributed by atoms with van der Waals surface area (Å²) < 4.78 is 33.3. The van der Waals surface area contributed by atoms with E-state index in [0.717, 1.165) is 38.5 Å². The van der Waals surface area contributed by atoms with E-state index in [1.807, 2.05) is 0 Å². The highest BCUT2D eigenvalue weighted by atomic mass is 31.2. The monoisotopic (exact) mass is 696 g/mol. The summed E-state index contributed by atoms with van der Waals surface area (Å²) >= 11 is 0. The van der Waals surface area contributed by atoms with E-state index >= 15 is 0 Å². The molecule has 0 aliphatic carbocycles. The highest BCUT2D eigenvalue weighted by Gasteiger charge is 2.25. The summed E-state index contributed by atoms with van der Waals surface area (Å²) in [5, 5.41) is 20.9. The van der Waals surface area contributed by atoms with Gasteiger partial charge in [0.2, 0.25) is 0 Å². The molecule has 0 saturated carbocycles.